The molecule has 1 aliphatic rings. The molecular weight excluding hydrogens is 464 g/mol. The Morgan fingerprint density at radius 2 is 2.06 bits per heavy atom. The van der Waals surface area contributed by atoms with Crippen molar-refractivity contribution in [3.63, 3.8) is 0 Å². The molecule has 0 unspecified atom stereocenters. The SMILES string of the molecule is CO[C@H]1CN(C)C(=O)c2ccc(NS(C)(=O)=O)cc2OC[C@H](C)N(Cc2nccs2)C[C@@H]1C. The Hall–Kier alpha value is -2.21. The quantitative estimate of drug-likeness (QED) is 0.679. The van der Waals surface area contributed by atoms with Crippen LogP contribution in [-0.2, 0) is 21.3 Å². The van der Waals surface area contributed by atoms with E-state index in [4.69, 9.17) is 9.47 Å². The van der Waals surface area contributed by atoms with Crippen LogP contribution in [0.2, 0.25) is 0 Å². The Morgan fingerprint density at radius 1 is 1.30 bits per heavy atom. The van der Waals surface area contributed by atoms with Crippen molar-refractivity contribution in [1.29, 1.82) is 0 Å². The fourth-order valence-electron chi connectivity index (χ4n) is 3.85. The van der Waals surface area contributed by atoms with E-state index < -0.39 is 10.0 Å². The summed E-state index contributed by atoms with van der Waals surface area (Å²) in [6.07, 6.45) is 2.73. The van der Waals surface area contributed by atoms with Gasteiger partial charge < -0.3 is 14.4 Å². The number of thiazole rings is 1. The van der Waals surface area contributed by atoms with Gasteiger partial charge >= 0.3 is 0 Å². The van der Waals surface area contributed by atoms with Crippen LogP contribution in [-0.4, -0.2) is 81.4 Å². The average molecular weight is 497 g/mol. The van der Waals surface area contributed by atoms with E-state index in [1.807, 2.05) is 5.38 Å². The molecule has 1 N–H and O–H groups in total. The van der Waals surface area contributed by atoms with E-state index in [-0.39, 0.29) is 24.0 Å². The van der Waals surface area contributed by atoms with Gasteiger partial charge in [0, 0.05) is 50.9 Å². The molecule has 0 saturated carbocycles. The molecule has 3 atom stereocenters. The number of carbonyl (C=O) groups excluding carboxylic acids is 1. The van der Waals surface area contributed by atoms with Crippen LogP contribution in [0, 0.1) is 5.92 Å². The second-order valence-corrected chi connectivity index (χ2v) is 11.3. The van der Waals surface area contributed by atoms with Crippen LogP contribution in [0.3, 0.4) is 0 Å². The molecule has 1 aromatic carbocycles. The molecule has 33 heavy (non-hydrogen) atoms. The van der Waals surface area contributed by atoms with E-state index in [1.165, 1.54) is 0 Å². The Bertz CT molecular complexity index is 1050. The van der Waals surface area contributed by atoms with Crippen LogP contribution in [0.4, 0.5) is 5.69 Å². The van der Waals surface area contributed by atoms with Gasteiger partial charge in [0.25, 0.3) is 5.91 Å². The van der Waals surface area contributed by atoms with E-state index in [1.54, 1.807) is 54.8 Å². The molecule has 0 bridgehead atoms. The molecule has 11 heteroatoms. The van der Waals surface area contributed by atoms with E-state index in [0.717, 1.165) is 17.8 Å². The number of ether oxygens (including phenoxy) is 2. The third-order valence-corrected chi connectivity index (χ3v) is 7.07. The number of methoxy groups -OCH3 is 1. The first-order valence-corrected chi connectivity index (χ1v) is 13.5. The van der Waals surface area contributed by atoms with Gasteiger partial charge in [0.2, 0.25) is 10.0 Å². The first kappa shape index (κ1) is 25.4. The van der Waals surface area contributed by atoms with Crippen LogP contribution < -0.4 is 9.46 Å². The maximum atomic E-state index is 13.2. The van der Waals surface area contributed by atoms with Gasteiger partial charge in [-0.15, -0.1) is 11.3 Å². The highest BCUT2D eigenvalue weighted by Crippen LogP contribution is 2.27. The zero-order chi connectivity index (χ0) is 24.2. The highest BCUT2D eigenvalue weighted by Gasteiger charge is 2.28. The number of benzene rings is 1. The normalized spacial score (nSPS) is 23.2. The van der Waals surface area contributed by atoms with Gasteiger partial charge in [-0.2, -0.15) is 0 Å². The molecular formula is C22H32N4O5S2. The lowest BCUT2D eigenvalue weighted by Crippen LogP contribution is -2.46. The molecule has 3 rings (SSSR count). The van der Waals surface area contributed by atoms with Gasteiger partial charge in [-0.3, -0.25) is 14.4 Å². The third kappa shape index (κ3) is 6.89. The Kier molecular flexibility index (Phi) is 8.33. The molecule has 1 aliphatic heterocycles. The first-order valence-electron chi connectivity index (χ1n) is 10.7. The van der Waals surface area contributed by atoms with Crippen molar-refractivity contribution >= 4 is 33.0 Å². The van der Waals surface area contributed by atoms with Crippen molar-refractivity contribution in [3.05, 3.63) is 40.3 Å². The van der Waals surface area contributed by atoms with Crippen LogP contribution >= 0.6 is 11.3 Å². The van der Waals surface area contributed by atoms with Gasteiger partial charge in [0.1, 0.15) is 17.4 Å². The molecule has 0 radical (unpaired) electrons. The summed E-state index contributed by atoms with van der Waals surface area (Å²) in [7, 11) is -0.0667. The number of anilines is 1. The number of sulfonamides is 1. The lowest BCUT2D eigenvalue weighted by molar-refractivity contribution is 0.00921. The number of fused-ring (bicyclic) bond motifs is 1. The molecule has 1 amide bonds. The summed E-state index contributed by atoms with van der Waals surface area (Å²) in [4.78, 5) is 21.6. The number of hydrogen-bond donors (Lipinski definition) is 1. The first-order chi connectivity index (χ1) is 15.6. The van der Waals surface area contributed by atoms with Gasteiger partial charge in [-0.05, 0) is 25.0 Å². The molecule has 182 valence electrons. The summed E-state index contributed by atoms with van der Waals surface area (Å²) < 4.78 is 37.7. The second-order valence-electron chi connectivity index (χ2n) is 8.54. The smallest absolute Gasteiger partial charge is 0.257 e. The Morgan fingerprint density at radius 3 is 2.70 bits per heavy atom. The van der Waals surface area contributed by atoms with Gasteiger partial charge in [0.05, 0.1) is 30.2 Å². The predicted molar refractivity (Wildman–Crippen MR) is 129 cm³/mol. The highest BCUT2D eigenvalue weighted by molar-refractivity contribution is 7.92. The van der Waals surface area contributed by atoms with Crippen molar-refractivity contribution in [1.82, 2.24) is 14.8 Å². The average Bonchev–Trinajstić information content (AvgIpc) is 3.26. The minimum Gasteiger partial charge on any atom is -0.491 e. The van der Waals surface area contributed by atoms with E-state index >= 15 is 0 Å². The highest BCUT2D eigenvalue weighted by atomic mass is 32.2. The number of amides is 1. The molecule has 0 fully saturated rings. The monoisotopic (exact) mass is 496 g/mol. The minimum atomic E-state index is -3.46. The molecule has 0 spiro atoms. The topological polar surface area (TPSA) is 101 Å². The van der Waals surface area contributed by atoms with E-state index in [0.29, 0.717) is 36.7 Å². The standard InChI is InChI=1S/C22H32N4O5S2/c1-15-11-26(13-21-23-8-9-32-21)16(2)14-31-19-10-17(24-33(5,28)29)6-7-18(19)22(27)25(3)12-20(15)30-4/h6-10,15-16,20,24H,11-14H2,1-5H3/t15-,16-,20-/m0/s1. The van der Waals surface area contributed by atoms with Gasteiger partial charge in [-0.1, -0.05) is 6.92 Å². The van der Waals surface area contributed by atoms with Crippen LogP contribution in [0.25, 0.3) is 0 Å². The van der Waals surface area contributed by atoms with Crippen LogP contribution in [0.1, 0.15) is 29.2 Å². The van der Waals surface area contributed by atoms with Crippen molar-refractivity contribution in [2.75, 3.05) is 44.8 Å². The minimum absolute atomic E-state index is 0.0143. The Balaban J connectivity index is 1.96. The summed E-state index contributed by atoms with van der Waals surface area (Å²) in [5.74, 6) is 0.287. The largest absolute Gasteiger partial charge is 0.491 e. The number of likely N-dealkylation sites (N-methyl/N-ethyl adjacent to an activating group) is 1. The molecule has 1 aromatic heterocycles. The van der Waals surface area contributed by atoms with Crippen molar-refractivity contribution in [2.45, 2.75) is 32.5 Å². The molecule has 0 aliphatic carbocycles. The summed E-state index contributed by atoms with van der Waals surface area (Å²) in [6.45, 7) is 6.35. The van der Waals surface area contributed by atoms with E-state index in [2.05, 4.69) is 28.5 Å². The molecule has 9 nitrogen and oxygen atoms in total. The number of rotatable bonds is 5. The second kappa shape index (κ2) is 10.8. The zero-order valence-electron chi connectivity index (χ0n) is 19.6. The van der Waals surface area contributed by atoms with Gasteiger partial charge in [0.15, 0.2) is 0 Å². The van der Waals surface area contributed by atoms with Crippen molar-refractivity contribution in [3.8, 4) is 5.75 Å². The van der Waals surface area contributed by atoms with Crippen molar-refractivity contribution < 1.29 is 22.7 Å². The number of hydrogen-bond acceptors (Lipinski definition) is 8. The number of aromatic nitrogens is 1. The number of nitrogens with one attached hydrogen (secondary N) is 1. The van der Waals surface area contributed by atoms with Crippen molar-refractivity contribution in [2.24, 2.45) is 5.92 Å². The fourth-order valence-corrected chi connectivity index (χ4v) is 5.05. The molecule has 2 heterocycles. The predicted octanol–water partition coefficient (Wildman–Crippen LogP) is 2.52. The third-order valence-electron chi connectivity index (χ3n) is 5.70. The summed E-state index contributed by atoms with van der Waals surface area (Å²) >= 11 is 1.61. The van der Waals surface area contributed by atoms with E-state index in [9.17, 15) is 13.2 Å². The number of nitrogens with zero attached hydrogens (tertiary/aromatic N) is 3. The summed E-state index contributed by atoms with van der Waals surface area (Å²) in [5.41, 5.74) is 0.716. The summed E-state index contributed by atoms with van der Waals surface area (Å²) in [5, 5.41) is 2.98. The van der Waals surface area contributed by atoms with Gasteiger partial charge in [-0.25, -0.2) is 13.4 Å². The fraction of sp³-hybridized carbons (Fsp3) is 0.545. The summed E-state index contributed by atoms with van der Waals surface area (Å²) in [6, 6.07) is 4.73. The van der Waals surface area contributed by atoms with Crippen LogP contribution in [0.5, 0.6) is 5.75 Å². The lowest BCUT2D eigenvalue weighted by atomic mass is 10.0. The Labute approximate surface area is 199 Å². The van der Waals surface area contributed by atoms with Crippen LogP contribution in [0.15, 0.2) is 29.8 Å². The number of carbonyl (C=O) groups is 1. The molecule has 0 saturated heterocycles. The lowest BCUT2D eigenvalue weighted by Gasteiger charge is -2.35. The zero-order valence-corrected chi connectivity index (χ0v) is 21.3. The maximum absolute atomic E-state index is 13.2. The maximum Gasteiger partial charge on any atom is 0.257 e. The molecule has 2 aromatic rings.